The Bertz CT molecular complexity index is 1230. The summed E-state index contributed by atoms with van der Waals surface area (Å²) in [5, 5.41) is 6.10. The Morgan fingerprint density at radius 3 is 2.65 bits per heavy atom. The average molecular weight is 490 g/mol. The third kappa shape index (κ3) is 4.87. The molecule has 34 heavy (non-hydrogen) atoms. The highest BCUT2D eigenvalue weighted by atomic mass is 35.5. The van der Waals surface area contributed by atoms with Crippen molar-refractivity contribution in [3.63, 3.8) is 0 Å². The molecule has 8 nitrogen and oxygen atoms in total. The van der Waals surface area contributed by atoms with Gasteiger partial charge in [-0.1, -0.05) is 11.6 Å². The molecule has 0 bridgehead atoms. The van der Waals surface area contributed by atoms with Crippen molar-refractivity contribution >= 4 is 29.1 Å². The van der Waals surface area contributed by atoms with Gasteiger partial charge in [0, 0.05) is 50.5 Å². The predicted molar refractivity (Wildman–Crippen MR) is 123 cm³/mol. The SMILES string of the molecule is Cn1c(-c2ccc(OCF)cc2F)cnc1C(=O)Nc1ccc(C(=O)N2CCNCC2)c(Cl)c1. The topological polar surface area (TPSA) is 88.5 Å². The molecule has 0 unspecified atom stereocenters. The summed E-state index contributed by atoms with van der Waals surface area (Å²) in [4.78, 5) is 31.3. The second-order valence-corrected chi connectivity index (χ2v) is 8.02. The lowest BCUT2D eigenvalue weighted by atomic mass is 10.1. The van der Waals surface area contributed by atoms with E-state index in [0.717, 1.165) is 19.2 Å². The second kappa shape index (κ2) is 10.2. The van der Waals surface area contributed by atoms with Crippen LogP contribution in [0.3, 0.4) is 0 Å². The van der Waals surface area contributed by atoms with Gasteiger partial charge in [-0.15, -0.1) is 0 Å². The van der Waals surface area contributed by atoms with Gasteiger partial charge in [0.1, 0.15) is 11.6 Å². The zero-order valence-electron chi connectivity index (χ0n) is 18.3. The normalized spacial score (nSPS) is 13.6. The minimum absolute atomic E-state index is 0.0376. The maximum atomic E-state index is 14.5. The highest BCUT2D eigenvalue weighted by Gasteiger charge is 2.22. The molecule has 1 fully saturated rings. The van der Waals surface area contributed by atoms with Crippen LogP contribution in [0.1, 0.15) is 21.0 Å². The summed E-state index contributed by atoms with van der Waals surface area (Å²) in [6.45, 7) is 1.58. The van der Waals surface area contributed by atoms with E-state index in [0.29, 0.717) is 30.0 Å². The number of hydrogen-bond acceptors (Lipinski definition) is 5. The number of amides is 2. The van der Waals surface area contributed by atoms with Crippen LogP contribution in [0.25, 0.3) is 11.3 Å². The van der Waals surface area contributed by atoms with E-state index >= 15 is 0 Å². The van der Waals surface area contributed by atoms with Gasteiger partial charge in [-0.25, -0.2) is 13.8 Å². The van der Waals surface area contributed by atoms with Crippen LogP contribution in [-0.2, 0) is 7.05 Å². The third-order valence-corrected chi connectivity index (χ3v) is 5.80. The largest absolute Gasteiger partial charge is 0.463 e. The number of hydrogen-bond donors (Lipinski definition) is 2. The maximum Gasteiger partial charge on any atom is 0.291 e. The number of ether oxygens (including phenoxy) is 1. The summed E-state index contributed by atoms with van der Waals surface area (Å²) in [7, 11) is 1.57. The average Bonchev–Trinajstić information content (AvgIpc) is 3.21. The van der Waals surface area contributed by atoms with E-state index in [1.54, 1.807) is 24.1 Å². The zero-order chi connectivity index (χ0) is 24.2. The van der Waals surface area contributed by atoms with E-state index in [1.807, 2.05) is 0 Å². The Kier molecular flexibility index (Phi) is 7.09. The minimum Gasteiger partial charge on any atom is -0.463 e. The number of carbonyl (C=O) groups is 2. The first-order valence-electron chi connectivity index (χ1n) is 10.5. The Morgan fingerprint density at radius 1 is 1.21 bits per heavy atom. The first kappa shape index (κ1) is 23.7. The standard InChI is InChI=1S/C23H22ClF2N5O3/c1-30-20(17-5-3-15(34-13-25)11-19(17)26)12-28-21(30)22(32)29-14-2-4-16(18(24)10-14)23(33)31-8-6-27-7-9-31/h2-5,10-12,27H,6-9,13H2,1H3,(H,29,32). The van der Waals surface area contributed by atoms with E-state index in [1.165, 1.54) is 29.0 Å². The van der Waals surface area contributed by atoms with E-state index in [2.05, 4.69) is 20.4 Å². The quantitative estimate of drug-likeness (QED) is 0.553. The summed E-state index contributed by atoms with van der Waals surface area (Å²) < 4.78 is 32.9. The van der Waals surface area contributed by atoms with Crippen molar-refractivity contribution in [1.29, 1.82) is 0 Å². The number of rotatable bonds is 6. The summed E-state index contributed by atoms with van der Waals surface area (Å²) in [6, 6.07) is 8.58. The lowest BCUT2D eigenvalue weighted by molar-refractivity contribution is 0.0736. The molecule has 2 heterocycles. The number of nitrogens with zero attached hydrogens (tertiary/aromatic N) is 3. The van der Waals surface area contributed by atoms with Gasteiger partial charge in [0.15, 0.2) is 5.82 Å². The van der Waals surface area contributed by atoms with Crippen molar-refractivity contribution in [1.82, 2.24) is 19.8 Å². The predicted octanol–water partition coefficient (Wildman–Crippen LogP) is 3.48. The number of alkyl halides is 1. The number of benzene rings is 2. The van der Waals surface area contributed by atoms with Crippen LogP contribution in [0.2, 0.25) is 5.02 Å². The van der Waals surface area contributed by atoms with Gasteiger partial charge in [-0.3, -0.25) is 9.59 Å². The molecule has 2 aromatic carbocycles. The number of imidazole rings is 1. The van der Waals surface area contributed by atoms with Crippen molar-refractivity contribution < 1.29 is 23.1 Å². The highest BCUT2D eigenvalue weighted by Crippen LogP contribution is 2.27. The number of carbonyl (C=O) groups excluding carboxylic acids is 2. The second-order valence-electron chi connectivity index (χ2n) is 7.61. The first-order valence-corrected chi connectivity index (χ1v) is 10.9. The van der Waals surface area contributed by atoms with Crippen molar-refractivity contribution in [3.8, 4) is 17.0 Å². The smallest absolute Gasteiger partial charge is 0.291 e. The highest BCUT2D eigenvalue weighted by molar-refractivity contribution is 6.34. The van der Waals surface area contributed by atoms with Crippen LogP contribution < -0.4 is 15.4 Å². The fourth-order valence-electron chi connectivity index (χ4n) is 3.72. The summed E-state index contributed by atoms with van der Waals surface area (Å²) in [5.41, 5.74) is 1.27. The molecule has 2 N–H and O–H groups in total. The Morgan fingerprint density at radius 2 is 1.97 bits per heavy atom. The monoisotopic (exact) mass is 489 g/mol. The molecule has 0 aliphatic carbocycles. The van der Waals surface area contributed by atoms with Crippen molar-refractivity contribution in [2.24, 2.45) is 7.05 Å². The fourth-order valence-corrected chi connectivity index (χ4v) is 3.98. The van der Waals surface area contributed by atoms with Crippen molar-refractivity contribution in [2.75, 3.05) is 38.4 Å². The number of nitrogens with one attached hydrogen (secondary N) is 2. The molecular formula is C23H22ClF2N5O3. The van der Waals surface area contributed by atoms with Crippen LogP contribution in [-0.4, -0.2) is 59.3 Å². The van der Waals surface area contributed by atoms with Gasteiger partial charge in [0.2, 0.25) is 6.86 Å². The van der Waals surface area contributed by atoms with Crippen LogP contribution in [0.15, 0.2) is 42.6 Å². The van der Waals surface area contributed by atoms with Crippen molar-refractivity contribution in [3.05, 3.63) is 64.8 Å². The Hall–Kier alpha value is -3.50. The van der Waals surface area contributed by atoms with Gasteiger partial charge >= 0.3 is 0 Å². The summed E-state index contributed by atoms with van der Waals surface area (Å²) >= 11 is 6.33. The molecule has 11 heteroatoms. The van der Waals surface area contributed by atoms with Crippen LogP contribution in [0, 0.1) is 5.82 Å². The molecule has 2 amide bonds. The molecule has 0 radical (unpaired) electrons. The minimum atomic E-state index is -1.07. The molecule has 1 aromatic heterocycles. The molecule has 1 aliphatic heterocycles. The molecule has 0 spiro atoms. The molecule has 3 aromatic rings. The number of halogens is 3. The molecule has 4 rings (SSSR count). The zero-order valence-corrected chi connectivity index (χ0v) is 19.0. The van der Waals surface area contributed by atoms with E-state index < -0.39 is 18.6 Å². The van der Waals surface area contributed by atoms with Crippen LogP contribution in [0.4, 0.5) is 14.5 Å². The fraction of sp³-hybridized carbons (Fsp3) is 0.261. The lowest BCUT2D eigenvalue weighted by Crippen LogP contribution is -2.46. The van der Waals surface area contributed by atoms with Gasteiger partial charge in [-0.2, -0.15) is 0 Å². The molecule has 0 saturated carbocycles. The summed E-state index contributed by atoms with van der Waals surface area (Å²) in [5.74, 6) is -1.25. The van der Waals surface area contributed by atoms with Gasteiger partial charge in [0.25, 0.3) is 11.8 Å². The van der Waals surface area contributed by atoms with Crippen molar-refractivity contribution in [2.45, 2.75) is 0 Å². The number of aromatic nitrogens is 2. The Balaban J connectivity index is 1.50. The molecule has 178 valence electrons. The van der Waals surface area contributed by atoms with E-state index in [4.69, 9.17) is 11.6 Å². The molecule has 1 aliphatic rings. The first-order chi connectivity index (χ1) is 16.4. The number of piperazine rings is 1. The van der Waals surface area contributed by atoms with Gasteiger partial charge < -0.3 is 24.8 Å². The lowest BCUT2D eigenvalue weighted by Gasteiger charge is -2.27. The molecular weight excluding hydrogens is 468 g/mol. The van der Waals surface area contributed by atoms with Crippen LogP contribution in [0.5, 0.6) is 5.75 Å². The van der Waals surface area contributed by atoms with E-state index in [9.17, 15) is 18.4 Å². The maximum absolute atomic E-state index is 14.5. The molecule has 1 saturated heterocycles. The van der Waals surface area contributed by atoms with Gasteiger partial charge in [0.05, 0.1) is 22.5 Å². The number of anilines is 1. The third-order valence-electron chi connectivity index (χ3n) is 5.49. The van der Waals surface area contributed by atoms with E-state index in [-0.39, 0.29) is 28.1 Å². The molecule has 0 atom stereocenters. The Labute approximate surface area is 199 Å². The van der Waals surface area contributed by atoms with Gasteiger partial charge in [-0.05, 0) is 30.3 Å². The summed E-state index contributed by atoms with van der Waals surface area (Å²) in [6.07, 6.45) is 1.37. The van der Waals surface area contributed by atoms with Crippen LogP contribution >= 0.6 is 11.6 Å².